The summed E-state index contributed by atoms with van der Waals surface area (Å²) in [6.45, 7) is 0.794. The summed E-state index contributed by atoms with van der Waals surface area (Å²) in [4.78, 5) is 24.0. The van der Waals surface area contributed by atoms with E-state index in [0.29, 0.717) is 17.1 Å². The van der Waals surface area contributed by atoms with E-state index >= 15 is 0 Å². The Morgan fingerprint density at radius 2 is 1.67 bits per heavy atom. The van der Waals surface area contributed by atoms with Gasteiger partial charge in [0.1, 0.15) is 6.54 Å². The summed E-state index contributed by atoms with van der Waals surface area (Å²) in [5, 5.41) is 0.958. The molecule has 0 unspecified atom stereocenters. The summed E-state index contributed by atoms with van der Waals surface area (Å²) in [5.74, 6) is -0.524. The molecule has 0 saturated heterocycles. The van der Waals surface area contributed by atoms with Gasteiger partial charge in [-0.15, -0.1) is 0 Å². The molecule has 1 N–H and O–H groups in total. The zero-order valence-electron chi connectivity index (χ0n) is 16.9. The van der Waals surface area contributed by atoms with Crippen molar-refractivity contribution in [3.8, 4) is 11.5 Å². The van der Waals surface area contributed by atoms with Crippen LogP contribution in [0.25, 0.3) is 6.08 Å². The van der Waals surface area contributed by atoms with Crippen LogP contribution in [0.15, 0.2) is 47.9 Å². The van der Waals surface area contributed by atoms with E-state index in [9.17, 15) is 18.0 Å². The van der Waals surface area contributed by atoms with Crippen LogP contribution in [0.4, 0.5) is 0 Å². The molecule has 0 amide bonds. The van der Waals surface area contributed by atoms with Gasteiger partial charge in [0.25, 0.3) is 0 Å². The van der Waals surface area contributed by atoms with E-state index in [1.165, 1.54) is 32.4 Å². The molecule has 2 rings (SSSR count). The lowest BCUT2D eigenvalue weighted by molar-refractivity contribution is -0.141. The van der Waals surface area contributed by atoms with Crippen LogP contribution in [0.1, 0.15) is 21.5 Å². The van der Waals surface area contributed by atoms with Gasteiger partial charge in [-0.3, -0.25) is 9.59 Å². The molecule has 2 aromatic carbocycles. The average Bonchev–Trinajstić information content (AvgIpc) is 2.75. The van der Waals surface area contributed by atoms with E-state index in [4.69, 9.17) is 14.2 Å². The highest BCUT2D eigenvalue weighted by Gasteiger charge is 2.15. The number of ketones is 1. The molecule has 0 radical (unpaired) electrons. The Labute approximate surface area is 175 Å². The molecule has 0 saturated carbocycles. The highest BCUT2D eigenvalue weighted by Crippen LogP contribution is 2.27. The molecular weight excluding hydrogens is 410 g/mol. The number of sulfonamides is 1. The normalized spacial score (nSPS) is 11.3. The van der Waals surface area contributed by atoms with Crippen molar-refractivity contribution in [3.05, 3.63) is 64.6 Å². The highest BCUT2D eigenvalue weighted by molar-refractivity contribution is 7.92. The van der Waals surface area contributed by atoms with Gasteiger partial charge in [-0.2, -0.15) is 0 Å². The van der Waals surface area contributed by atoms with Gasteiger partial charge in [0.15, 0.2) is 23.9 Å². The first-order chi connectivity index (χ1) is 14.2. The van der Waals surface area contributed by atoms with Gasteiger partial charge in [0.05, 0.1) is 14.2 Å². The van der Waals surface area contributed by atoms with Crippen LogP contribution in [-0.4, -0.2) is 47.5 Å². The number of carbonyl (C=O) groups is 2. The monoisotopic (exact) mass is 433 g/mol. The second kappa shape index (κ2) is 10.6. The number of carbonyl (C=O) groups excluding carboxylic acids is 2. The van der Waals surface area contributed by atoms with Crippen LogP contribution in [0.2, 0.25) is 0 Å². The molecule has 0 spiro atoms. The molecule has 2 aromatic rings. The Balaban J connectivity index is 1.85. The highest BCUT2D eigenvalue weighted by atomic mass is 32.2. The largest absolute Gasteiger partial charge is 0.493 e. The number of hydrogen-bond acceptors (Lipinski definition) is 7. The van der Waals surface area contributed by atoms with Gasteiger partial charge in [-0.05, 0) is 36.8 Å². The fraction of sp³-hybridized carbons (Fsp3) is 0.238. The van der Waals surface area contributed by atoms with Crippen molar-refractivity contribution in [1.82, 2.24) is 4.72 Å². The third kappa shape index (κ3) is 7.02. The minimum Gasteiger partial charge on any atom is -0.493 e. The first-order valence-electron chi connectivity index (χ1n) is 8.89. The van der Waals surface area contributed by atoms with Gasteiger partial charge in [0, 0.05) is 11.0 Å². The average molecular weight is 433 g/mol. The first kappa shape index (κ1) is 23.1. The lowest BCUT2D eigenvalue weighted by Gasteiger charge is -2.09. The summed E-state index contributed by atoms with van der Waals surface area (Å²) in [6, 6.07) is 11.8. The van der Waals surface area contributed by atoms with Gasteiger partial charge in [-0.25, -0.2) is 13.1 Å². The minimum absolute atomic E-state index is 0.266. The molecule has 0 aliphatic rings. The molecule has 0 heterocycles. The van der Waals surface area contributed by atoms with Gasteiger partial charge in [0.2, 0.25) is 10.0 Å². The molecule has 0 atom stereocenters. The predicted octanol–water partition coefficient (Wildman–Crippen LogP) is 2.33. The number of rotatable bonds is 10. The van der Waals surface area contributed by atoms with Crippen molar-refractivity contribution in [2.45, 2.75) is 6.92 Å². The van der Waals surface area contributed by atoms with Gasteiger partial charge in [-0.1, -0.05) is 29.8 Å². The van der Waals surface area contributed by atoms with E-state index in [0.717, 1.165) is 11.0 Å². The van der Waals surface area contributed by atoms with Crippen molar-refractivity contribution in [2.24, 2.45) is 0 Å². The summed E-state index contributed by atoms with van der Waals surface area (Å²) in [7, 11) is -0.933. The molecule has 8 nitrogen and oxygen atoms in total. The molecule has 0 fully saturated rings. The van der Waals surface area contributed by atoms with Crippen LogP contribution in [0, 0.1) is 6.92 Å². The van der Waals surface area contributed by atoms with Gasteiger partial charge < -0.3 is 14.2 Å². The summed E-state index contributed by atoms with van der Waals surface area (Å²) in [5.41, 5.74) is 2.02. The maximum Gasteiger partial charge on any atom is 0.321 e. The maximum atomic E-state index is 12.2. The van der Waals surface area contributed by atoms with Crippen molar-refractivity contribution in [3.63, 3.8) is 0 Å². The number of hydrogen-bond donors (Lipinski definition) is 1. The standard InChI is InChI=1S/C21H23NO7S/c1-15-4-6-16(7-5-15)10-11-30(25,26)22-13-21(24)29-14-18(23)17-8-9-19(27-2)20(12-17)28-3/h4-12,22H,13-14H2,1-3H3. The third-order valence-corrected chi connectivity index (χ3v) is 5.05. The number of methoxy groups -OCH3 is 2. The van der Waals surface area contributed by atoms with Crippen molar-refractivity contribution in [1.29, 1.82) is 0 Å². The molecule has 30 heavy (non-hydrogen) atoms. The van der Waals surface area contributed by atoms with Crippen LogP contribution in [-0.2, 0) is 19.6 Å². The van der Waals surface area contributed by atoms with Crippen LogP contribution in [0.5, 0.6) is 11.5 Å². The lowest BCUT2D eigenvalue weighted by Crippen LogP contribution is -2.30. The second-order valence-electron chi connectivity index (χ2n) is 6.23. The number of aryl methyl sites for hydroxylation is 1. The van der Waals surface area contributed by atoms with Gasteiger partial charge >= 0.3 is 5.97 Å². The molecule has 0 bridgehead atoms. The van der Waals surface area contributed by atoms with E-state index < -0.39 is 34.9 Å². The molecule has 9 heteroatoms. The topological polar surface area (TPSA) is 108 Å². The quantitative estimate of drug-likeness (QED) is 0.452. The summed E-state index contributed by atoms with van der Waals surface area (Å²) < 4.78 is 41.1. The number of esters is 1. The number of ether oxygens (including phenoxy) is 3. The molecule has 160 valence electrons. The Kier molecular flexibility index (Phi) is 8.14. The second-order valence-corrected chi connectivity index (χ2v) is 7.88. The summed E-state index contributed by atoms with van der Waals surface area (Å²) >= 11 is 0. The van der Waals surface area contributed by atoms with E-state index in [2.05, 4.69) is 4.72 Å². The Morgan fingerprint density at radius 1 is 1.00 bits per heavy atom. The van der Waals surface area contributed by atoms with Crippen molar-refractivity contribution >= 4 is 27.9 Å². The Hall–Kier alpha value is -3.17. The Morgan fingerprint density at radius 3 is 2.30 bits per heavy atom. The number of benzene rings is 2. The third-order valence-electron chi connectivity index (χ3n) is 4.00. The first-order valence-corrected chi connectivity index (χ1v) is 10.4. The van der Waals surface area contributed by atoms with E-state index in [1.54, 1.807) is 18.2 Å². The molecule has 0 aromatic heterocycles. The fourth-order valence-electron chi connectivity index (χ4n) is 2.34. The predicted molar refractivity (Wildman–Crippen MR) is 112 cm³/mol. The molecule has 0 aliphatic carbocycles. The number of nitrogens with one attached hydrogen (secondary N) is 1. The number of Topliss-reactive ketones (excluding diaryl/α,β-unsaturated/α-hetero) is 1. The van der Waals surface area contributed by atoms with Crippen LogP contribution < -0.4 is 14.2 Å². The fourth-order valence-corrected chi connectivity index (χ4v) is 3.09. The maximum absolute atomic E-state index is 12.2. The SMILES string of the molecule is COc1ccc(C(=O)COC(=O)CNS(=O)(=O)C=Cc2ccc(C)cc2)cc1OC. The minimum atomic E-state index is -3.84. The lowest BCUT2D eigenvalue weighted by atomic mass is 10.1. The zero-order valence-corrected chi connectivity index (χ0v) is 17.7. The smallest absolute Gasteiger partial charge is 0.321 e. The van der Waals surface area contributed by atoms with Crippen molar-refractivity contribution in [2.75, 3.05) is 27.4 Å². The van der Waals surface area contributed by atoms with Crippen molar-refractivity contribution < 1.29 is 32.2 Å². The molecular formula is C21H23NO7S. The zero-order chi connectivity index (χ0) is 22.1. The summed E-state index contributed by atoms with van der Waals surface area (Å²) in [6.07, 6.45) is 1.41. The Bertz CT molecular complexity index is 1030. The van der Waals surface area contributed by atoms with Crippen LogP contribution >= 0.6 is 0 Å². The van der Waals surface area contributed by atoms with E-state index in [1.807, 2.05) is 19.1 Å². The van der Waals surface area contributed by atoms with E-state index in [-0.39, 0.29) is 5.56 Å². The van der Waals surface area contributed by atoms with Crippen LogP contribution in [0.3, 0.4) is 0 Å². The molecule has 0 aliphatic heterocycles.